The van der Waals surface area contributed by atoms with Crippen molar-refractivity contribution in [2.45, 2.75) is 45.2 Å². The number of nitrogens with zero attached hydrogens (tertiary/aromatic N) is 1. The summed E-state index contributed by atoms with van der Waals surface area (Å²) in [4.78, 5) is 14.0. The number of morpholine rings is 1. The van der Waals surface area contributed by atoms with E-state index in [2.05, 4.69) is 12.2 Å². The van der Waals surface area contributed by atoms with E-state index >= 15 is 0 Å². The number of rotatable bonds is 6. The molecule has 1 heterocycles. The molecule has 1 N–H and O–H groups in total. The molecule has 0 aromatic carbocycles. The van der Waals surface area contributed by atoms with Gasteiger partial charge in [-0.05, 0) is 13.3 Å². The maximum Gasteiger partial charge on any atom is 0.318 e. The molecule has 0 aromatic rings. The van der Waals surface area contributed by atoms with E-state index in [0.717, 1.165) is 19.3 Å². The van der Waals surface area contributed by atoms with Gasteiger partial charge in [0.2, 0.25) is 0 Å². The van der Waals surface area contributed by atoms with Gasteiger partial charge in [0.25, 0.3) is 0 Å². The van der Waals surface area contributed by atoms with Crippen LogP contribution in [0.25, 0.3) is 0 Å². The number of nitrogens with one attached hydrogen (secondary N) is 1. The molecule has 5 nitrogen and oxygen atoms in total. The van der Waals surface area contributed by atoms with Crippen LogP contribution in [-0.4, -0.2) is 56.5 Å². The van der Waals surface area contributed by atoms with E-state index in [1.807, 2.05) is 11.8 Å². The van der Waals surface area contributed by atoms with Gasteiger partial charge < -0.3 is 19.7 Å². The summed E-state index contributed by atoms with van der Waals surface area (Å²) >= 11 is 0. The first-order valence-electron chi connectivity index (χ1n) is 6.82. The van der Waals surface area contributed by atoms with Crippen LogP contribution in [0.15, 0.2) is 0 Å². The van der Waals surface area contributed by atoms with Crippen LogP contribution in [0.3, 0.4) is 0 Å². The highest BCUT2D eigenvalue weighted by molar-refractivity contribution is 5.75. The summed E-state index contributed by atoms with van der Waals surface area (Å²) in [5.74, 6) is 0. The van der Waals surface area contributed by atoms with Crippen molar-refractivity contribution in [3.63, 3.8) is 0 Å². The van der Waals surface area contributed by atoms with Crippen LogP contribution in [0.4, 0.5) is 4.79 Å². The zero-order valence-corrected chi connectivity index (χ0v) is 11.8. The van der Waals surface area contributed by atoms with Gasteiger partial charge in [-0.3, -0.25) is 0 Å². The van der Waals surface area contributed by atoms with Crippen molar-refractivity contribution in [1.82, 2.24) is 10.2 Å². The minimum Gasteiger partial charge on any atom is -0.383 e. The molecule has 1 fully saturated rings. The van der Waals surface area contributed by atoms with Crippen LogP contribution in [0.5, 0.6) is 0 Å². The van der Waals surface area contributed by atoms with Crippen molar-refractivity contribution in [3.05, 3.63) is 0 Å². The van der Waals surface area contributed by atoms with Crippen molar-refractivity contribution in [2.75, 3.05) is 33.5 Å². The van der Waals surface area contributed by atoms with E-state index in [4.69, 9.17) is 9.47 Å². The van der Waals surface area contributed by atoms with Crippen LogP contribution in [0.2, 0.25) is 0 Å². The number of carbonyl (C=O) groups is 1. The smallest absolute Gasteiger partial charge is 0.318 e. The Labute approximate surface area is 110 Å². The second-order valence-corrected chi connectivity index (χ2v) is 4.86. The van der Waals surface area contributed by atoms with Crippen molar-refractivity contribution in [1.29, 1.82) is 0 Å². The first kappa shape index (κ1) is 15.2. The lowest BCUT2D eigenvalue weighted by molar-refractivity contribution is 0.0175. The molecule has 1 aliphatic rings. The lowest BCUT2D eigenvalue weighted by atomic mass is 10.1. The summed E-state index contributed by atoms with van der Waals surface area (Å²) in [6, 6.07) is 0.259. The third-order valence-electron chi connectivity index (χ3n) is 3.23. The molecule has 18 heavy (non-hydrogen) atoms. The Hall–Kier alpha value is -0.810. The minimum absolute atomic E-state index is 0.00366. The van der Waals surface area contributed by atoms with Crippen LogP contribution in [0.1, 0.15) is 33.1 Å². The molecule has 2 unspecified atom stereocenters. The fourth-order valence-electron chi connectivity index (χ4n) is 2.14. The third-order valence-corrected chi connectivity index (χ3v) is 3.23. The van der Waals surface area contributed by atoms with E-state index in [1.54, 1.807) is 7.11 Å². The van der Waals surface area contributed by atoms with Crippen molar-refractivity contribution >= 4 is 6.03 Å². The first-order chi connectivity index (χ1) is 8.69. The molecule has 106 valence electrons. The fourth-order valence-corrected chi connectivity index (χ4v) is 2.14. The normalized spacial score (nSPS) is 21.7. The lowest BCUT2D eigenvalue weighted by Gasteiger charge is -2.34. The highest BCUT2D eigenvalue weighted by Crippen LogP contribution is 2.08. The maximum absolute atomic E-state index is 12.2. The lowest BCUT2D eigenvalue weighted by Crippen LogP contribution is -2.54. The SMILES string of the molecule is CCCCC(COC)NC(=O)N1CCOCC1C. The summed E-state index contributed by atoms with van der Waals surface area (Å²) in [6.07, 6.45) is 3.20. The fraction of sp³-hybridized carbons (Fsp3) is 0.923. The van der Waals surface area contributed by atoms with Gasteiger partial charge in [0.15, 0.2) is 0 Å². The number of ether oxygens (including phenoxy) is 2. The number of amides is 2. The van der Waals surface area contributed by atoms with E-state index in [0.29, 0.717) is 26.4 Å². The molecule has 2 amide bonds. The Bertz CT molecular complexity index is 248. The summed E-state index contributed by atoms with van der Waals surface area (Å²) in [5, 5.41) is 3.06. The molecular weight excluding hydrogens is 232 g/mol. The molecule has 1 saturated heterocycles. The third kappa shape index (κ3) is 4.82. The molecular formula is C13H26N2O3. The van der Waals surface area contributed by atoms with Gasteiger partial charge in [-0.2, -0.15) is 0 Å². The molecule has 0 bridgehead atoms. The number of unbranched alkanes of at least 4 members (excludes halogenated alkanes) is 1. The Morgan fingerprint density at radius 3 is 3.00 bits per heavy atom. The Morgan fingerprint density at radius 1 is 1.61 bits per heavy atom. The van der Waals surface area contributed by atoms with E-state index < -0.39 is 0 Å². The largest absolute Gasteiger partial charge is 0.383 e. The molecule has 0 aromatic heterocycles. The molecule has 0 saturated carbocycles. The Morgan fingerprint density at radius 2 is 2.39 bits per heavy atom. The quantitative estimate of drug-likeness (QED) is 0.787. The van der Waals surface area contributed by atoms with Crippen LogP contribution in [0, 0.1) is 0 Å². The van der Waals surface area contributed by atoms with Gasteiger partial charge >= 0.3 is 6.03 Å². The topological polar surface area (TPSA) is 50.8 Å². The standard InChI is InChI=1S/C13H26N2O3/c1-4-5-6-12(10-17-3)14-13(16)15-7-8-18-9-11(15)2/h11-12H,4-10H2,1-3H3,(H,14,16). The van der Waals surface area contributed by atoms with Crippen LogP contribution < -0.4 is 5.32 Å². The second kappa shape index (κ2) is 8.32. The van der Waals surface area contributed by atoms with Gasteiger partial charge in [-0.25, -0.2) is 4.79 Å². The van der Waals surface area contributed by atoms with Gasteiger partial charge in [-0.15, -0.1) is 0 Å². The highest BCUT2D eigenvalue weighted by atomic mass is 16.5. The average Bonchev–Trinajstić information content (AvgIpc) is 2.36. The predicted molar refractivity (Wildman–Crippen MR) is 70.7 cm³/mol. The summed E-state index contributed by atoms with van der Waals surface area (Å²) in [7, 11) is 1.67. The zero-order valence-electron chi connectivity index (χ0n) is 11.8. The van der Waals surface area contributed by atoms with Gasteiger partial charge in [0, 0.05) is 13.7 Å². The predicted octanol–water partition coefficient (Wildman–Crippen LogP) is 1.62. The monoisotopic (exact) mass is 258 g/mol. The molecule has 2 atom stereocenters. The summed E-state index contributed by atoms with van der Waals surface area (Å²) < 4.78 is 10.5. The number of hydrogen-bond acceptors (Lipinski definition) is 3. The second-order valence-electron chi connectivity index (χ2n) is 4.86. The zero-order chi connectivity index (χ0) is 13.4. The number of urea groups is 1. The van der Waals surface area contributed by atoms with Gasteiger partial charge in [0.1, 0.15) is 0 Å². The molecule has 1 rings (SSSR count). The van der Waals surface area contributed by atoms with Crippen molar-refractivity contribution in [2.24, 2.45) is 0 Å². The number of methoxy groups -OCH3 is 1. The van der Waals surface area contributed by atoms with Crippen molar-refractivity contribution in [3.8, 4) is 0 Å². The minimum atomic E-state index is 0.00366. The van der Waals surface area contributed by atoms with E-state index in [-0.39, 0.29) is 18.1 Å². The Kier molecular flexibility index (Phi) is 7.05. The molecule has 0 radical (unpaired) electrons. The molecule has 0 aliphatic carbocycles. The molecule has 0 spiro atoms. The maximum atomic E-state index is 12.2. The van der Waals surface area contributed by atoms with Crippen LogP contribution in [-0.2, 0) is 9.47 Å². The summed E-state index contributed by atoms with van der Waals surface area (Å²) in [6.45, 7) is 6.65. The van der Waals surface area contributed by atoms with Crippen molar-refractivity contribution < 1.29 is 14.3 Å². The molecule has 1 aliphatic heterocycles. The number of hydrogen-bond donors (Lipinski definition) is 1. The van der Waals surface area contributed by atoms with Gasteiger partial charge in [0.05, 0.1) is 31.9 Å². The van der Waals surface area contributed by atoms with Gasteiger partial charge in [-0.1, -0.05) is 19.8 Å². The summed E-state index contributed by atoms with van der Waals surface area (Å²) in [5.41, 5.74) is 0. The number of carbonyl (C=O) groups excluding carboxylic acids is 1. The molecule has 5 heteroatoms. The highest BCUT2D eigenvalue weighted by Gasteiger charge is 2.25. The Balaban J connectivity index is 2.43. The first-order valence-corrected chi connectivity index (χ1v) is 6.82. The van der Waals surface area contributed by atoms with Crippen LogP contribution >= 0.6 is 0 Å². The van der Waals surface area contributed by atoms with E-state index in [9.17, 15) is 4.79 Å². The van der Waals surface area contributed by atoms with E-state index in [1.165, 1.54) is 0 Å². The average molecular weight is 258 g/mol.